The largest absolute Gasteiger partial charge is 0.481 e. The highest BCUT2D eigenvalue weighted by molar-refractivity contribution is 5.80. The van der Waals surface area contributed by atoms with E-state index in [1.807, 2.05) is 30.3 Å². The van der Waals surface area contributed by atoms with Gasteiger partial charge in [-0.25, -0.2) is 0 Å². The fourth-order valence-electron chi connectivity index (χ4n) is 3.00. The molecule has 1 saturated heterocycles. The lowest BCUT2D eigenvalue weighted by Crippen LogP contribution is -2.33. The molecule has 1 aliphatic rings. The average Bonchev–Trinajstić information content (AvgIpc) is 3.01. The van der Waals surface area contributed by atoms with Crippen molar-refractivity contribution in [2.75, 3.05) is 26.3 Å². The van der Waals surface area contributed by atoms with E-state index < -0.39 is 11.9 Å². The Bertz CT molecular complexity index is 517. The Hall–Kier alpha value is -1.88. The standard InChI is InChI=1S/C18H25NO4/c1-2-3-7-10-23-13-17(20)19-11-15(16(12-19)18(21)22)14-8-5-4-6-9-14/h4-6,8-9,15-16H,2-3,7,10-13H2,1H3,(H,21,22)/t15-,16-/m0/s1. The van der Waals surface area contributed by atoms with Crippen molar-refractivity contribution in [3.63, 3.8) is 0 Å². The van der Waals surface area contributed by atoms with Gasteiger partial charge < -0.3 is 14.7 Å². The van der Waals surface area contributed by atoms with E-state index in [1.54, 1.807) is 4.90 Å². The number of hydrogen-bond acceptors (Lipinski definition) is 3. The summed E-state index contributed by atoms with van der Waals surface area (Å²) in [5, 5.41) is 9.45. The summed E-state index contributed by atoms with van der Waals surface area (Å²) in [5.74, 6) is -1.68. The van der Waals surface area contributed by atoms with Crippen LogP contribution in [0.15, 0.2) is 30.3 Å². The molecule has 5 heteroatoms. The molecular formula is C18H25NO4. The van der Waals surface area contributed by atoms with Gasteiger partial charge in [-0.15, -0.1) is 0 Å². The van der Waals surface area contributed by atoms with Crippen LogP contribution in [-0.2, 0) is 14.3 Å². The van der Waals surface area contributed by atoms with Crippen LogP contribution in [0.1, 0.15) is 37.7 Å². The molecule has 0 bridgehead atoms. The molecule has 0 spiro atoms. The number of likely N-dealkylation sites (tertiary alicyclic amines) is 1. The number of ether oxygens (including phenoxy) is 1. The third kappa shape index (κ3) is 4.79. The van der Waals surface area contributed by atoms with Gasteiger partial charge in [-0.1, -0.05) is 50.1 Å². The highest BCUT2D eigenvalue weighted by Gasteiger charge is 2.40. The van der Waals surface area contributed by atoms with Crippen molar-refractivity contribution in [2.45, 2.75) is 32.1 Å². The molecule has 2 atom stereocenters. The topological polar surface area (TPSA) is 66.8 Å². The maximum atomic E-state index is 12.2. The maximum Gasteiger partial charge on any atom is 0.308 e. The monoisotopic (exact) mass is 319 g/mol. The van der Waals surface area contributed by atoms with E-state index in [-0.39, 0.29) is 25.0 Å². The molecule has 1 heterocycles. The number of rotatable bonds is 8. The first-order chi connectivity index (χ1) is 11.1. The third-order valence-electron chi connectivity index (χ3n) is 4.34. The van der Waals surface area contributed by atoms with Crippen LogP contribution in [0.3, 0.4) is 0 Å². The molecule has 1 aliphatic heterocycles. The van der Waals surface area contributed by atoms with E-state index in [0.717, 1.165) is 24.8 Å². The normalized spacial score (nSPS) is 20.7. The number of carbonyl (C=O) groups is 2. The van der Waals surface area contributed by atoms with Crippen LogP contribution in [0.2, 0.25) is 0 Å². The minimum Gasteiger partial charge on any atom is -0.481 e. The van der Waals surface area contributed by atoms with Crippen LogP contribution < -0.4 is 0 Å². The van der Waals surface area contributed by atoms with Gasteiger partial charge >= 0.3 is 5.97 Å². The summed E-state index contributed by atoms with van der Waals surface area (Å²) < 4.78 is 5.41. The van der Waals surface area contributed by atoms with Gasteiger partial charge in [0.2, 0.25) is 5.91 Å². The van der Waals surface area contributed by atoms with Crippen molar-refractivity contribution in [1.82, 2.24) is 4.90 Å². The Morgan fingerprint density at radius 2 is 1.96 bits per heavy atom. The summed E-state index contributed by atoms with van der Waals surface area (Å²) >= 11 is 0. The number of carboxylic acid groups (broad SMARTS) is 1. The second-order valence-corrected chi connectivity index (χ2v) is 6.02. The number of aliphatic carboxylic acids is 1. The predicted octanol–water partition coefficient (Wildman–Crippen LogP) is 2.52. The number of carbonyl (C=O) groups excluding carboxylic acids is 1. The second kappa shape index (κ2) is 8.67. The summed E-state index contributed by atoms with van der Waals surface area (Å²) in [6, 6.07) is 9.55. The van der Waals surface area contributed by atoms with Crippen molar-refractivity contribution in [1.29, 1.82) is 0 Å². The van der Waals surface area contributed by atoms with Gasteiger partial charge in [0, 0.05) is 25.6 Å². The SMILES string of the molecule is CCCCCOCC(=O)N1C[C@H](C(=O)O)[C@H](c2ccccc2)C1. The van der Waals surface area contributed by atoms with Gasteiger partial charge in [-0.3, -0.25) is 9.59 Å². The van der Waals surface area contributed by atoms with Crippen molar-refractivity contribution in [3.05, 3.63) is 35.9 Å². The number of hydrogen-bond donors (Lipinski definition) is 1. The number of carboxylic acids is 1. The number of nitrogens with zero attached hydrogens (tertiary/aromatic N) is 1. The Kier molecular flexibility index (Phi) is 6.59. The molecule has 0 aliphatic carbocycles. The van der Waals surface area contributed by atoms with Gasteiger partial charge in [0.05, 0.1) is 5.92 Å². The van der Waals surface area contributed by atoms with E-state index in [1.165, 1.54) is 0 Å². The quantitative estimate of drug-likeness (QED) is 0.748. The van der Waals surface area contributed by atoms with Crippen LogP contribution in [0.5, 0.6) is 0 Å². The maximum absolute atomic E-state index is 12.2. The minimum absolute atomic E-state index is 0.0392. The smallest absolute Gasteiger partial charge is 0.308 e. The molecule has 5 nitrogen and oxygen atoms in total. The first kappa shape index (κ1) is 17.5. The van der Waals surface area contributed by atoms with Crippen molar-refractivity contribution < 1.29 is 19.4 Å². The van der Waals surface area contributed by atoms with Gasteiger partial charge in [0.1, 0.15) is 6.61 Å². The average molecular weight is 319 g/mol. The molecule has 1 aromatic carbocycles. The Morgan fingerprint density at radius 1 is 1.22 bits per heavy atom. The molecule has 2 rings (SSSR count). The number of benzene rings is 1. The highest BCUT2D eigenvalue weighted by Crippen LogP contribution is 2.32. The van der Waals surface area contributed by atoms with Crippen LogP contribution >= 0.6 is 0 Å². The van der Waals surface area contributed by atoms with Crippen LogP contribution in [-0.4, -0.2) is 48.2 Å². The van der Waals surface area contributed by atoms with Gasteiger partial charge in [0.15, 0.2) is 0 Å². The zero-order valence-corrected chi connectivity index (χ0v) is 13.6. The van der Waals surface area contributed by atoms with Crippen LogP contribution in [0, 0.1) is 5.92 Å². The van der Waals surface area contributed by atoms with Gasteiger partial charge in [0.25, 0.3) is 0 Å². The summed E-state index contributed by atoms with van der Waals surface area (Å²) in [5.41, 5.74) is 0.971. The molecule has 1 N–H and O–H groups in total. The summed E-state index contributed by atoms with van der Waals surface area (Å²) in [4.78, 5) is 25.4. The van der Waals surface area contributed by atoms with Gasteiger partial charge in [-0.05, 0) is 12.0 Å². The Labute approximate surface area is 137 Å². The molecule has 1 amide bonds. The van der Waals surface area contributed by atoms with Crippen LogP contribution in [0.25, 0.3) is 0 Å². The molecule has 23 heavy (non-hydrogen) atoms. The summed E-state index contributed by atoms with van der Waals surface area (Å²) in [6.07, 6.45) is 3.16. The zero-order chi connectivity index (χ0) is 16.7. The summed E-state index contributed by atoms with van der Waals surface area (Å²) in [6.45, 7) is 3.44. The van der Waals surface area contributed by atoms with Gasteiger partial charge in [-0.2, -0.15) is 0 Å². The molecule has 126 valence electrons. The molecular weight excluding hydrogens is 294 g/mol. The molecule has 0 saturated carbocycles. The fraction of sp³-hybridized carbons (Fsp3) is 0.556. The van der Waals surface area contributed by atoms with E-state index in [2.05, 4.69) is 6.92 Å². The second-order valence-electron chi connectivity index (χ2n) is 6.02. The van der Waals surface area contributed by atoms with Crippen molar-refractivity contribution in [3.8, 4) is 0 Å². The lowest BCUT2D eigenvalue weighted by atomic mass is 9.89. The van der Waals surface area contributed by atoms with Crippen LogP contribution in [0.4, 0.5) is 0 Å². The minimum atomic E-state index is -0.849. The van der Waals surface area contributed by atoms with E-state index in [0.29, 0.717) is 13.2 Å². The first-order valence-electron chi connectivity index (χ1n) is 8.26. The first-order valence-corrected chi connectivity index (χ1v) is 8.26. The zero-order valence-electron chi connectivity index (χ0n) is 13.6. The lowest BCUT2D eigenvalue weighted by Gasteiger charge is -2.16. The summed E-state index contributed by atoms with van der Waals surface area (Å²) in [7, 11) is 0. The molecule has 1 fully saturated rings. The third-order valence-corrected chi connectivity index (χ3v) is 4.34. The fourth-order valence-corrected chi connectivity index (χ4v) is 3.00. The highest BCUT2D eigenvalue weighted by atomic mass is 16.5. The lowest BCUT2D eigenvalue weighted by molar-refractivity contribution is -0.142. The predicted molar refractivity (Wildman–Crippen MR) is 87.2 cm³/mol. The number of amides is 1. The van der Waals surface area contributed by atoms with E-state index >= 15 is 0 Å². The molecule has 0 unspecified atom stereocenters. The van der Waals surface area contributed by atoms with Crippen molar-refractivity contribution >= 4 is 11.9 Å². The molecule has 1 aromatic rings. The Balaban J connectivity index is 1.92. The Morgan fingerprint density at radius 3 is 2.61 bits per heavy atom. The van der Waals surface area contributed by atoms with E-state index in [9.17, 15) is 14.7 Å². The number of unbranched alkanes of at least 4 members (excludes halogenated alkanes) is 2. The van der Waals surface area contributed by atoms with Crippen molar-refractivity contribution in [2.24, 2.45) is 5.92 Å². The molecule has 0 radical (unpaired) electrons. The molecule has 0 aromatic heterocycles. The van der Waals surface area contributed by atoms with E-state index in [4.69, 9.17) is 4.74 Å².